The quantitative estimate of drug-likeness (QED) is 0.884. The molecule has 0 aliphatic heterocycles. The third kappa shape index (κ3) is 3.81. The fourth-order valence-corrected chi connectivity index (χ4v) is 2.71. The Hall–Kier alpha value is -1.33. The van der Waals surface area contributed by atoms with Gasteiger partial charge in [-0.3, -0.25) is 0 Å². The van der Waals surface area contributed by atoms with Gasteiger partial charge in [0.15, 0.2) is 0 Å². The number of hydrogen-bond donors (Lipinski definition) is 2. The average Bonchev–Trinajstić information content (AvgIpc) is 2.94. The summed E-state index contributed by atoms with van der Waals surface area (Å²) in [5.41, 5.74) is 6.99. The molecular formula is C14H22N4S. The Labute approximate surface area is 118 Å². The standard InChI is InChI=1S/C14H22N4S/c1-14(2,3)13(9-18-6-5-16-10-18)17-8-12-11(15)4-7-19-12/h4-7,10,13,17H,8-9,15H2,1-3H3. The molecule has 2 aromatic heterocycles. The van der Waals surface area contributed by atoms with Gasteiger partial charge in [-0.2, -0.15) is 0 Å². The van der Waals surface area contributed by atoms with E-state index in [4.69, 9.17) is 5.73 Å². The molecule has 0 saturated heterocycles. The van der Waals surface area contributed by atoms with Gasteiger partial charge in [-0.1, -0.05) is 20.8 Å². The van der Waals surface area contributed by atoms with Gasteiger partial charge in [-0.25, -0.2) is 4.98 Å². The smallest absolute Gasteiger partial charge is 0.0946 e. The van der Waals surface area contributed by atoms with Gasteiger partial charge in [0.1, 0.15) is 0 Å². The number of hydrogen-bond acceptors (Lipinski definition) is 4. The van der Waals surface area contributed by atoms with Gasteiger partial charge in [0.2, 0.25) is 0 Å². The first kappa shape index (κ1) is 14.1. The van der Waals surface area contributed by atoms with Crippen LogP contribution in [0.2, 0.25) is 0 Å². The maximum atomic E-state index is 5.93. The molecule has 0 radical (unpaired) electrons. The van der Waals surface area contributed by atoms with Gasteiger partial charge in [-0.15, -0.1) is 11.3 Å². The number of nitrogens with zero attached hydrogens (tertiary/aromatic N) is 2. The SMILES string of the molecule is CC(C)(C)C(Cn1ccnc1)NCc1sccc1N. The lowest BCUT2D eigenvalue weighted by atomic mass is 9.86. The van der Waals surface area contributed by atoms with Crippen LogP contribution in [0, 0.1) is 5.41 Å². The summed E-state index contributed by atoms with van der Waals surface area (Å²) in [5.74, 6) is 0. The first-order chi connectivity index (χ1) is 8.97. The summed E-state index contributed by atoms with van der Waals surface area (Å²) in [6, 6.07) is 2.33. The first-order valence-corrected chi connectivity index (χ1v) is 7.36. The second-order valence-electron chi connectivity index (χ2n) is 5.86. The van der Waals surface area contributed by atoms with Crippen molar-refractivity contribution in [3.05, 3.63) is 35.0 Å². The maximum Gasteiger partial charge on any atom is 0.0946 e. The molecule has 5 heteroatoms. The molecular weight excluding hydrogens is 256 g/mol. The van der Waals surface area contributed by atoms with Crippen LogP contribution in [-0.4, -0.2) is 15.6 Å². The summed E-state index contributed by atoms with van der Waals surface area (Å²) in [5, 5.41) is 5.66. The second kappa shape index (κ2) is 5.75. The Morgan fingerprint density at radius 2 is 2.26 bits per heavy atom. The van der Waals surface area contributed by atoms with Gasteiger partial charge in [0, 0.05) is 42.1 Å². The summed E-state index contributed by atoms with van der Waals surface area (Å²) in [7, 11) is 0. The van der Waals surface area contributed by atoms with Gasteiger partial charge in [0.25, 0.3) is 0 Å². The largest absolute Gasteiger partial charge is 0.398 e. The molecule has 0 saturated carbocycles. The molecule has 0 aliphatic rings. The number of imidazole rings is 1. The molecule has 2 heterocycles. The van der Waals surface area contributed by atoms with Crippen LogP contribution in [0.25, 0.3) is 0 Å². The second-order valence-corrected chi connectivity index (χ2v) is 6.86. The van der Waals surface area contributed by atoms with Crippen molar-refractivity contribution >= 4 is 17.0 Å². The number of nitrogens with two attached hydrogens (primary N) is 1. The molecule has 2 aromatic rings. The van der Waals surface area contributed by atoms with Crippen LogP contribution in [0.15, 0.2) is 30.2 Å². The summed E-state index contributed by atoms with van der Waals surface area (Å²) in [6.07, 6.45) is 5.68. The first-order valence-electron chi connectivity index (χ1n) is 6.48. The highest BCUT2D eigenvalue weighted by Gasteiger charge is 2.24. The predicted octanol–water partition coefficient (Wildman–Crippen LogP) is 2.73. The number of thiophene rings is 1. The number of nitrogen functional groups attached to an aromatic ring is 1. The lowest BCUT2D eigenvalue weighted by Crippen LogP contribution is -2.42. The average molecular weight is 278 g/mol. The Bertz CT molecular complexity index is 496. The van der Waals surface area contributed by atoms with Crippen molar-refractivity contribution in [2.75, 3.05) is 5.73 Å². The molecule has 1 atom stereocenters. The van der Waals surface area contributed by atoms with E-state index in [1.165, 1.54) is 4.88 Å². The van der Waals surface area contributed by atoms with Crippen molar-refractivity contribution in [2.45, 2.75) is 39.9 Å². The van der Waals surface area contributed by atoms with Gasteiger partial charge in [0.05, 0.1) is 6.33 Å². The minimum atomic E-state index is 0.177. The van der Waals surface area contributed by atoms with E-state index >= 15 is 0 Å². The van der Waals surface area contributed by atoms with Gasteiger partial charge < -0.3 is 15.6 Å². The van der Waals surface area contributed by atoms with Crippen molar-refractivity contribution in [1.29, 1.82) is 0 Å². The van der Waals surface area contributed by atoms with Crippen molar-refractivity contribution in [3.8, 4) is 0 Å². The zero-order valence-corrected chi connectivity index (χ0v) is 12.6. The normalized spacial score (nSPS) is 13.6. The highest BCUT2D eigenvalue weighted by Crippen LogP contribution is 2.23. The summed E-state index contributed by atoms with van der Waals surface area (Å²) < 4.78 is 2.11. The lowest BCUT2D eigenvalue weighted by Gasteiger charge is -2.32. The van der Waals surface area contributed by atoms with Crippen molar-refractivity contribution in [1.82, 2.24) is 14.9 Å². The summed E-state index contributed by atoms with van der Waals surface area (Å²) in [4.78, 5) is 5.31. The molecule has 104 valence electrons. The van der Waals surface area contributed by atoms with Crippen LogP contribution in [0.3, 0.4) is 0 Å². The van der Waals surface area contributed by atoms with Crippen LogP contribution in [0.1, 0.15) is 25.6 Å². The van der Waals surface area contributed by atoms with Crippen LogP contribution in [0.5, 0.6) is 0 Å². The van der Waals surface area contributed by atoms with E-state index in [1.807, 2.05) is 30.2 Å². The molecule has 0 fully saturated rings. The summed E-state index contributed by atoms with van der Waals surface area (Å²) in [6.45, 7) is 8.48. The van der Waals surface area contributed by atoms with Crippen LogP contribution in [-0.2, 0) is 13.1 Å². The zero-order chi connectivity index (χ0) is 13.9. The van der Waals surface area contributed by atoms with Crippen LogP contribution >= 0.6 is 11.3 Å². The van der Waals surface area contributed by atoms with Crippen LogP contribution in [0.4, 0.5) is 5.69 Å². The maximum absolute atomic E-state index is 5.93. The molecule has 3 N–H and O–H groups in total. The molecule has 4 nitrogen and oxygen atoms in total. The van der Waals surface area contributed by atoms with Crippen molar-refractivity contribution < 1.29 is 0 Å². The highest BCUT2D eigenvalue weighted by atomic mass is 32.1. The summed E-state index contributed by atoms with van der Waals surface area (Å²) >= 11 is 1.70. The Kier molecular flexibility index (Phi) is 4.27. The molecule has 0 spiro atoms. The van der Waals surface area contributed by atoms with E-state index < -0.39 is 0 Å². The van der Waals surface area contributed by atoms with E-state index in [-0.39, 0.29) is 5.41 Å². The number of rotatable bonds is 5. The Balaban J connectivity index is 2.00. The van der Waals surface area contributed by atoms with Crippen molar-refractivity contribution in [2.24, 2.45) is 5.41 Å². The topological polar surface area (TPSA) is 55.9 Å². The number of anilines is 1. The van der Waals surface area contributed by atoms with E-state index in [0.717, 1.165) is 18.8 Å². The lowest BCUT2D eigenvalue weighted by molar-refractivity contribution is 0.241. The third-order valence-corrected chi connectivity index (χ3v) is 4.22. The van der Waals surface area contributed by atoms with Crippen molar-refractivity contribution in [3.63, 3.8) is 0 Å². The minimum Gasteiger partial charge on any atom is -0.398 e. The molecule has 0 bridgehead atoms. The Morgan fingerprint density at radius 1 is 1.47 bits per heavy atom. The predicted molar refractivity (Wildman–Crippen MR) is 81.0 cm³/mol. The van der Waals surface area contributed by atoms with Gasteiger partial charge >= 0.3 is 0 Å². The highest BCUT2D eigenvalue weighted by molar-refractivity contribution is 7.10. The van der Waals surface area contributed by atoms with E-state index in [0.29, 0.717) is 6.04 Å². The third-order valence-electron chi connectivity index (χ3n) is 3.29. The molecule has 0 aromatic carbocycles. The molecule has 1 unspecified atom stereocenters. The van der Waals surface area contributed by atoms with Crippen LogP contribution < -0.4 is 11.1 Å². The monoisotopic (exact) mass is 278 g/mol. The molecule has 0 amide bonds. The fourth-order valence-electron chi connectivity index (χ4n) is 1.96. The molecule has 2 rings (SSSR count). The Morgan fingerprint density at radius 3 is 2.79 bits per heavy atom. The number of aromatic nitrogens is 2. The minimum absolute atomic E-state index is 0.177. The van der Waals surface area contributed by atoms with E-state index in [1.54, 1.807) is 11.3 Å². The molecule has 19 heavy (non-hydrogen) atoms. The van der Waals surface area contributed by atoms with E-state index in [2.05, 4.69) is 35.6 Å². The van der Waals surface area contributed by atoms with Gasteiger partial charge in [-0.05, 0) is 16.9 Å². The fraction of sp³-hybridized carbons (Fsp3) is 0.500. The van der Waals surface area contributed by atoms with E-state index in [9.17, 15) is 0 Å². The zero-order valence-electron chi connectivity index (χ0n) is 11.8. The molecule has 0 aliphatic carbocycles. The number of nitrogens with one attached hydrogen (secondary N) is 1.